The summed E-state index contributed by atoms with van der Waals surface area (Å²) in [5.41, 5.74) is 0.147. The van der Waals surface area contributed by atoms with Crippen LogP contribution in [0.5, 0.6) is 0 Å². The van der Waals surface area contributed by atoms with Gasteiger partial charge in [-0.2, -0.15) is 13.2 Å². The highest BCUT2D eigenvalue weighted by Gasteiger charge is 2.54. The highest BCUT2D eigenvalue weighted by molar-refractivity contribution is 5.33. The zero-order valence-electron chi connectivity index (χ0n) is 15.5. The summed E-state index contributed by atoms with van der Waals surface area (Å²) in [6, 6.07) is 10.1. The summed E-state index contributed by atoms with van der Waals surface area (Å²) in [5, 5.41) is 25.5. The smallest absolute Gasteiger partial charge is 0.367 e. The molecule has 2 aromatic carbocycles. The summed E-state index contributed by atoms with van der Waals surface area (Å²) in [4.78, 5) is 11.5. The summed E-state index contributed by atoms with van der Waals surface area (Å²) in [6.45, 7) is 1.89. The van der Waals surface area contributed by atoms with Gasteiger partial charge in [-0.15, -0.1) is 0 Å². The fraction of sp³-hybridized carbons (Fsp3) is 0.400. The SMILES string of the molecule is CCO[C@H](O)[C@H]1N[C@@H](c2ccc(C(F)(F)F)cc2)[C@@H]([N+](=O)[O-])[C@@H]1c1ccccc1. The third kappa shape index (κ3) is 4.42. The van der Waals surface area contributed by atoms with Crippen LogP contribution in [-0.4, -0.2) is 35.0 Å². The largest absolute Gasteiger partial charge is 0.416 e. The minimum atomic E-state index is -4.50. The van der Waals surface area contributed by atoms with Crippen molar-refractivity contribution in [2.75, 3.05) is 6.61 Å². The monoisotopic (exact) mass is 410 g/mol. The van der Waals surface area contributed by atoms with Crippen molar-refractivity contribution in [3.8, 4) is 0 Å². The Morgan fingerprint density at radius 2 is 1.76 bits per heavy atom. The molecule has 6 nitrogen and oxygen atoms in total. The van der Waals surface area contributed by atoms with E-state index in [4.69, 9.17) is 4.74 Å². The lowest BCUT2D eigenvalue weighted by Crippen LogP contribution is -2.41. The number of nitrogens with zero attached hydrogens (tertiary/aromatic N) is 1. The maximum atomic E-state index is 12.9. The number of aliphatic hydroxyl groups excluding tert-OH is 1. The van der Waals surface area contributed by atoms with Crippen LogP contribution in [0.3, 0.4) is 0 Å². The average molecular weight is 410 g/mol. The van der Waals surface area contributed by atoms with Crippen LogP contribution in [0.2, 0.25) is 0 Å². The van der Waals surface area contributed by atoms with E-state index in [1.807, 2.05) is 0 Å². The van der Waals surface area contributed by atoms with Crippen molar-refractivity contribution in [2.24, 2.45) is 0 Å². The number of rotatable bonds is 6. The minimum absolute atomic E-state index is 0.203. The molecule has 156 valence electrons. The molecular weight excluding hydrogens is 389 g/mol. The van der Waals surface area contributed by atoms with E-state index < -0.39 is 47.0 Å². The number of nitro groups is 1. The molecule has 0 bridgehead atoms. The van der Waals surface area contributed by atoms with Gasteiger partial charge in [-0.05, 0) is 30.2 Å². The van der Waals surface area contributed by atoms with Gasteiger partial charge < -0.3 is 9.84 Å². The van der Waals surface area contributed by atoms with Crippen molar-refractivity contribution < 1.29 is 27.9 Å². The Balaban J connectivity index is 2.02. The third-order valence-electron chi connectivity index (χ3n) is 5.14. The Morgan fingerprint density at radius 3 is 2.28 bits per heavy atom. The normalized spacial score (nSPS) is 25.7. The van der Waals surface area contributed by atoms with Gasteiger partial charge >= 0.3 is 6.18 Å². The number of hydrogen-bond donors (Lipinski definition) is 2. The van der Waals surface area contributed by atoms with Gasteiger partial charge in [0.05, 0.1) is 17.5 Å². The fourth-order valence-electron chi connectivity index (χ4n) is 3.87. The maximum absolute atomic E-state index is 12.9. The van der Waals surface area contributed by atoms with Gasteiger partial charge in [0.2, 0.25) is 6.04 Å². The van der Waals surface area contributed by atoms with E-state index >= 15 is 0 Å². The number of ether oxygens (including phenoxy) is 1. The number of halogens is 3. The number of nitrogens with one attached hydrogen (secondary N) is 1. The van der Waals surface area contributed by atoms with Gasteiger partial charge in [-0.25, -0.2) is 0 Å². The maximum Gasteiger partial charge on any atom is 0.416 e. The second kappa shape index (κ2) is 8.48. The standard InChI is InChI=1S/C20H21F3N2O4/c1-2-29-19(26)17-15(12-6-4-3-5-7-12)18(25(27)28)16(24-17)13-8-10-14(11-9-13)20(21,22)23/h3-11,15-19,24,26H,2H2,1H3/t15-,16+,17+,18+,19+/m1/s1. The lowest BCUT2D eigenvalue weighted by molar-refractivity contribution is -0.527. The first-order valence-electron chi connectivity index (χ1n) is 9.15. The van der Waals surface area contributed by atoms with Crippen LogP contribution >= 0.6 is 0 Å². The molecule has 1 aliphatic rings. The lowest BCUT2D eigenvalue weighted by Gasteiger charge is -2.24. The van der Waals surface area contributed by atoms with E-state index in [1.165, 1.54) is 12.1 Å². The Labute approximate surface area is 165 Å². The molecule has 1 fully saturated rings. The van der Waals surface area contributed by atoms with E-state index in [0.29, 0.717) is 11.1 Å². The van der Waals surface area contributed by atoms with Gasteiger partial charge in [-0.1, -0.05) is 42.5 Å². The van der Waals surface area contributed by atoms with Crippen LogP contribution < -0.4 is 5.32 Å². The van der Waals surface area contributed by atoms with Gasteiger partial charge in [0.25, 0.3) is 0 Å². The molecule has 0 saturated carbocycles. The summed E-state index contributed by atoms with van der Waals surface area (Å²) >= 11 is 0. The Hall–Kier alpha value is -2.49. The first-order valence-corrected chi connectivity index (χ1v) is 9.15. The molecule has 0 aromatic heterocycles. The Kier molecular flexibility index (Phi) is 6.21. The molecule has 1 heterocycles. The van der Waals surface area contributed by atoms with Crippen LogP contribution in [-0.2, 0) is 10.9 Å². The predicted molar refractivity (Wildman–Crippen MR) is 98.7 cm³/mol. The number of alkyl halides is 3. The quantitative estimate of drug-likeness (QED) is 0.433. The predicted octanol–water partition coefficient (Wildman–Crippen LogP) is 3.50. The highest BCUT2D eigenvalue weighted by atomic mass is 19.4. The van der Waals surface area contributed by atoms with E-state index in [1.54, 1.807) is 37.3 Å². The molecule has 2 N–H and O–H groups in total. The Morgan fingerprint density at radius 1 is 1.14 bits per heavy atom. The van der Waals surface area contributed by atoms with Crippen molar-refractivity contribution >= 4 is 0 Å². The molecule has 0 unspecified atom stereocenters. The molecular formula is C20H21F3N2O4. The van der Waals surface area contributed by atoms with E-state index in [0.717, 1.165) is 12.1 Å². The molecule has 0 spiro atoms. The molecule has 1 saturated heterocycles. The van der Waals surface area contributed by atoms with E-state index in [9.17, 15) is 28.4 Å². The Bertz CT molecular complexity index is 830. The van der Waals surface area contributed by atoms with Crippen LogP contribution in [0.4, 0.5) is 13.2 Å². The number of benzene rings is 2. The first-order chi connectivity index (χ1) is 13.7. The van der Waals surface area contributed by atoms with Gasteiger partial charge in [-0.3, -0.25) is 15.4 Å². The second-order valence-corrected chi connectivity index (χ2v) is 6.85. The van der Waals surface area contributed by atoms with Crippen molar-refractivity contribution in [1.29, 1.82) is 0 Å². The molecule has 1 aliphatic heterocycles. The summed E-state index contributed by atoms with van der Waals surface area (Å²) < 4.78 is 43.9. The number of hydrogen-bond acceptors (Lipinski definition) is 5. The zero-order valence-corrected chi connectivity index (χ0v) is 15.5. The lowest BCUT2D eigenvalue weighted by atomic mass is 9.85. The zero-order chi connectivity index (χ0) is 21.2. The van der Waals surface area contributed by atoms with Crippen molar-refractivity contribution in [1.82, 2.24) is 5.32 Å². The van der Waals surface area contributed by atoms with Crippen molar-refractivity contribution in [3.05, 3.63) is 81.4 Å². The van der Waals surface area contributed by atoms with E-state index in [-0.39, 0.29) is 6.61 Å². The average Bonchev–Trinajstić information content (AvgIpc) is 3.09. The van der Waals surface area contributed by atoms with Gasteiger partial charge in [0.15, 0.2) is 6.29 Å². The van der Waals surface area contributed by atoms with Crippen molar-refractivity contribution in [2.45, 2.75) is 43.4 Å². The minimum Gasteiger partial charge on any atom is -0.367 e. The van der Waals surface area contributed by atoms with Gasteiger partial charge in [0.1, 0.15) is 6.04 Å². The van der Waals surface area contributed by atoms with Crippen LogP contribution in [0.1, 0.15) is 35.6 Å². The van der Waals surface area contributed by atoms with Crippen molar-refractivity contribution in [3.63, 3.8) is 0 Å². The third-order valence-corrected chi connectivity index (χ3v) is 5.14. The van der Waals surface area contributed by atoms with E-state index in [2.05, 4.69) is 5.32 Å². The summed E-state index contributed by atoms with van der Waals surface area (Å²) in [5.74, 6) is -0.736. The fourth-order valence-corrected chi connectivity index (χ4v) is 3.87. The molecule has 9 heteroatoms. The highest BCUT2D eigenvalue weighted by Crippen LogP contribution is 2.42. The molecule has 3 rings (SSSR count). The second-order valence-electron chi connectivity index (χ2n) is 6.85. The summed E-state index contributed by atoms with van der Waals surface area (Å²) in [6.07, 6.45) is -5.81. The molecule has 2 aromatic rings. The molecule has 0 aliphatic carbocycles. The van der Waals surface area contributed by atoms with Crippen LogP contribution in [0.15, 0.2) is 54.6 Å². The molecule has 0 radical (unpaired) electrons. The van der Waals surface area contributed by atoms with Gasteiger partial charge in [0, 0.05) is 11.5 Å². The van der Waals surface area contributed by atoms with Crippen LogP contribution in [0.25, 0.3) is 0 Å². The topological polar surface area (TPSA) is 84.6 Å². The molecule has 29 heavy (non-hydrogen) atoms. The number of aliphatic hydroxyl groups is 1. The van der Waals surface area contributed by atoms with Crippen LogP contribution in [0, 0.1) is 10.1 Å². The molecule has 0 amide bonds. The summed E-state index contributed by atoms with van der Waals surface area (Å²) in [7, 11) is 0. The first kappa shape index (κ1) is 21.2. The molecule has 5 atom stereocenters.